The number of rotatable bonds is 0. The Morgan fingerprint density at radius 1 is 1.45 bits per heavy atom. The van der Waals surface area contributed by atoms with Gasteiger partial charge in [0.25, 0.3) is 0 Å². The van der Waals surface area contributed by atoms with E-state index in [-0.39, 0.29) is 0 Å². The molecule has 56 valence electrons. The number of H-pyrrole nitrogens is 1. The van der Waals surface area contributed by atoms with Crippen LogP contribution in [-0.2, 0) is 0 Å². The molecule has 0 saturated carbocycles. The van der Waals surface area contributed by atoms with Gasteiger partial charge in [-0.15, -0.1) is 0 Å². The molecule has 1 N–H and O–H groups in total. The van der Waals surface area contributed by atoms with Crippen LogP contribution in [0.4, 0.5) is 0 Å². The summed E-state index contributed by atoms with van der Waals surface area (Å²) in [7, 11) is 0. The third-order valence-electron chi connectivity index (χ3n) is 1.33. The molecular formula is C6H5IN4. The number of fused-ring (bicyclic) bond motifs is 1. The van der Waals surface area contributed by atoms with E-state index in [4.69, 9.17) is 0 Å². The summed E-state index contributed by atoms with van der Waals surface area (Å²) in [6.07, 6.45) is 1.74. The van der Waals surface area contributed by atoms with E-state index in [2.05, 4.69) is 42.5 Å². The van der Waals surface area contributed by atoms with Gasteiger partial charge < -0.3 is 4.98 Å². The Kier molecular flexibility index (Phi) is 1.52. The summed E-state index contributed by atoms with van der Waals surface area (Å²) in [6, 6.07) is 0. The van der Waals surface area contributed by atoms with Gasteiger partial charge in [0.05, 0.1) is 6.20 Å². The van der Waals surface area contributed by atoms with Crippen molar-refractivity contribution in [3.63, 3.8) is 0 Å². The zero-order valence-corrected chi connectivity index (χ0v) is 7.95. The molecule has 0 atom stereocenters. The third-order valence-corrected chi connectivity index (χ3v) is 1.85. The van der Waals surface area contributed by atoms with Crippen molar-refractivity contribution in [2.45, 2.75) is 6.92 Å². The van der Waals surface area contributed by atoms with Crippen LogP contribution in [0.5, 0.6) is 0 Å². The number of aromatic nitrogens is 4. The minimum atomic E-state index is 0.724. The predicted molar refractivity (Wildman–Crippen MR) is 49.1 cm³/mol. The van der Waals surface area contributed by atoms with Crippen molar-refractivity contribution in [3.05, 3.63) is 15.9 Å². The monoisotopic (exact) mass is 260 g/mol. The lowest BCUT2D eigenvalue weighted by Gasteiger charge is -1.85. The number of imidazole rings is 1. The van der Waals surface area contributed by atoms with Crippen molar-refractivity contribution in [2.75, 3.05) is 0 Å². The average molecular weight is 260 g/mol. The van der Waals surface area contributed by atoms with E-state index in [0.29, 0.717) is 0 Å². The van der Waals surface area contributed by atoms with Gasteiger partial charge in [0.15, 0.2) is 9.48 Å². The maximum Gasteiger partial charge on any atom is 0.192 e. The maximum absolute atomic E-state index is 4.16. The highest BCUT2D eigenvalue weighted by Gasteiger charge is 2.00. The van der Waals surface area contributed by atoms with Crippen LogP contribution in [0.25, 0.3) is 11.2 Å². The second-order valence-electron chi connectivity index (χ2n) is 2.20. The molecule has 0 radical (unpaired) electrons. The Balaban J connectivity index is 2.82. The molecule has 2 aromatic heterocycles. The molecule has 0 aliphatic heterocycles. The SMILES string of the molecule is Cc1nc2nc(I)ncc2[nH]1. The fraction of sp³-hybridized carbons (Fsp3) is 0.167. The molecule has 0 unspecified atom stereocenters. The largest absolute Gasteiger partial charge is 0.340 e. The Bertz CT molecular complexity index is 394. The fourth-order valence-electron chi connectivity index (χ4n) is 0.907. The van der Waals surface area contributed by atoms with Crippen molar-refractivity contribution < 1.29 is 0 Å². The maximum atomic E-state index is 4.16. The highest BCUT2D eigenvalue weighted by molar-refractivity contribution is 14.1. The lowest BCUT2D eigenvalue weighted by Crippen LogP contribution is -1.85. The zero-order valence-electron chi connectivity index (χ0n) is 5.80. The Morgan fingerprint density at radius 2 is 2.27 bits per heavy atom. The number of halogens is 1. The van der Waals surface area contributed by atoms with E-state index < -0.39 is 0 Å². The van der Waals surface area contributed by atoms with Crippen LogP contribution in [0.3, 0.4) is 0 Å². The van der Waals surface area contributed by atoms with Crippen LogP contribution in [0.2, 0.25) is 0 Å². The summed E-state index contributed by atoms with van der Waals surface area (Å²) in [5, 5.41) is 0. The molecule has 0 amide bonds. The van der Waals surface area contributed by atoms with Gasteiger partial charge >= 0.3 is 0 Å². The van der Waals surface area contributed by atoms with Crippen LogP contribution in [0, 0.1) is 10.8 Å². The Hall–Kier alpha value is -0.720. The smallest absolute Gasteiger partial charge is 0.192 e. The van der Waals surface area contributed by atoms with Crippen LogP contribution in [0.1, 0.15) is 5.82 Å². The number of aryl methyl sites for hydroxylation is 1. The fourth-order valence-corrected chi connectivity index (χ4v) is 1.27. The predicted octanol–water partition coefficient (Wildman–Crippen LogP) is 1.27. The molecule has 0 aliphatic carbocycles. The van der Waals surface area contributed by atoms with Crippen molar-refractivity contribution in [1.29, 1.82) is 0 Å². The third kappa shape index (κ3) is 1.20. The van der Waals surface area contributed by atoms with Gasteiger partial charge in [0.2, 0.25) is 0 Å². The first kappa shape index (κ1) is 6.96. The normalized spacial score (nSPS) is 10.7. The van der Waals surface area contributed by atoms with E-state index in [1.54, 1.807) is 6.20 Å². The van der Waals surface area contributed by atoms with Crippen molar-refractivity contribution in [3.8, 4) is 0 Å². The molecule has 2 rings (SSSR count). The topological polar surface area (TPSA) is 54.5 Å². The van der Waals surface area contributed by atoms with E-state index in [9.17, 15) is 0 Å². The second kappa shape index (κ2) is 2.40. The van der Waals surface area contributed by atoms with E-state index in [0.717, 1.165) is 20.8 Å². The average Bonchev–Trinajstić information content (AvgIpc) is 2.27. The van der Waals surface area contributed by atoms with Crippen molar-refractivity contribution >= 4 is 33.8 Å². The summed E-state index contributed by atoms with van der Waals surface area (Å²) in [5.74, 6) is 0.872. The first-order valence-corrected chi connectivity index (χ1v) is 4.18. The number of nitrogens with one attached hydrogen (secondary N) is 1. The Labute approximate surface area is 76.6 Å². The standard InChI is InChI=1S/C6H5IN4/c1-3-9-4-2-8-6(7)11-5(4)10-3/h2H,1H3,(H,8,9,10,11). The molecule has 0 saturated heterocycles. The summed E-state index contributed by atoms with van der Waals surface area (Å²) < 4.78 is 0.724. The highest BCUT2D eigenvalue weighted by atomic mass is 127. The van der Waals surface area contributed by atoms with Gasteiger partial charge in [-0.25, -0.2) is 15.0 Å². The summed E-state index contributed by atoms with van der Waals surface area (Å²) >= 11 is 2.06. The molecule has 2 heterocycles. The molecule has 11 heavy (non-hydrogen) atoms. The summed E-state index contributed by atoms with van der Waals surface area (Å²) in [6.45, 7) is 1.90. The molecule has 0 bridgehead atoms. The molecule has 0 fully saturated rings. The molecule has 4 nitrogen and oxygen atoms in total. The molecule has 0 aliphatic rings. The molecule has 0 aromatic carbocycles. The highest BCUT2D eigenvalue weighted by Crippen LogP contribution is 2.07. The van der Waals surface area contributed by atoms with Crippen molar-refractivity contribution in [2.24, 2.45) is 0 Å². The molecule has 0 spiro atoms. The van der Waals surface area contributed by atoms with Gasteiger partial charge in [0, 0.05) is 22.6 Å². The summed E-state index contributed by atoms with van der Waals surface area (Å²) in [5.41, 5.74) is 1.63. The first-order chi connectivity index (χ1) is 5.25. The zero-order chi connectivity index (χ0) is 7.84. The second-order valence-corrected chi connectivity index (χ2v) is 3.16. The minimum absolute atomic E-state index is 0.724. The van der Waals surface area contributed by atoms with Gasteiger partial charge in [-0.2, -0.15) is 0 Å². The lowest BCUT2D eigenvalue weighted by molar-refractivity contribution is 1.13. The number of nitrogens with zero attached hydrogens (tertiary/aromatic N) is 3. The van der Waals surface area contributed by atoms with E-state index >= 15 is 0 Å². The Morgan fingerprint density at radius 3 is 3.09 bits per heavy atom. The molecule has 2 aromatic rings. The van der Waals surface area contributed by atoms with Gasteiger partial charge in [-0.05, 0) is 6.92 Å². The molecule has 5 heteroatoms. The first-order valence-electron chi connectivity index (χ1n) is 3.10. The van der Waals surface area contributed by atoms with Crippen molar-refractivity contribution in [1.82, 2.24) is 19.9 Å². The summed E-state index contributed by atoms with van der Waals surface area (Å²) in [4.78, 5) is 15.4. The van der Waals surface area contributed by atoms with E-state index in [1.165, 1.54) is 0 Å². The van der Waals surface area contributed by atoms with Crippen LogP contribution < -0.4 is 0 Å². The lowest BCUT2D eigenvalue weighted by atomic mass is 10.6. The van der Waals surface area contributed by atoms with Gasteiger partial charge in [-0.3, -0.25) is 0 Å². The number of hydrogen-bond acceptors (Lipinski definition) is 3. The van der Waals surface area contributed by atoms with E-state index in [1.807, 2.05) is 6.92 Å². The minimum Gasteiger partial charge on any atom is -0.340 e. The number of hydrogen-bond donors (Lipinski definition) is 1. The van der Waals surface area contributed by atoms with Gasteiger partial charge in [0.1, 0.15) is 11.3 Å². The van der Waals surface area contributed by atoms with Crippen LogP contribution in [-0.4, -0.2) is 19.9 Å². The number of aromatic amines is 1. The molecular weight excluding hydrogens is 255 g/mol. The quantitative estimate of drug-likeness (QED) is 0.573. The van der Waals surface area contributed by atoms with Crippen LogP contribution in [0.15, 0.2) is 6.20 Å². The van der Waals surface area contributed by atoms with Crippen LogP contribution >= 0.6 is 22.6 Å². The van der Waals surface area contributed by atoms with Gasteiger partial charge in [-0.1, -0.05) is 0 Å².